The van der Waals surface area contributed by atoms with E-state index in [9.17, 15) is 4.79 Å². The monoisotopic (exact) mass is 382 g/mol. The fourth-order valence-electron chi connectivity index (χ4n) is 2.83. The predicted octanol–water partition coefficient (Wildman–Crippen LogP) is 3.65. The van der Waals surface area contributed by atoms with Crippen molar-refractivity contribution in [2.24, 2.45) is 5.92 Å². The van der Waals surface area contributed by atoms with Crippen LogP contribution in [0.15, 0.2) is 42.6 Å². The molecule has 1 amide bonds. The maximum atomic E-state index is 12.7. The maximum absolute atomic E-state index is 12.7. The van der Waals surface area contributed by atoms with Crippen LogP contribution >= 0.6 is 0 Å². The van der Waals surface area contributed by atoms with Crippen LogP contribution < -0.4 is 14.8 Å². The van der Waals surface area contributed by atoms with Gasteiger partial charge in [-0.25, -0.2) is 0 Å². The van der Waals surface area contributed by atoms with Crippen LogP contribution in [0.3, 0.4) is 0 Å². The Kier molecular flexibility index (Phi) is 6.13. The molecule has 0 radical (unpaired) electrons. The molecule has 148 valence electrons. The van der Waals surface area contributed by atoms with Gasteiger partial charge in [-0.2, -0.15) is 0 Å². The molecule has 2 aromatic heterocycles. The Labute approximate surface area is 164 Å². The zero-order valence-corrected chi connectivity index (χ0v) is 16.7. The Morgan fingerprint density at radius 2 is 1.96 bits per heavy atom. The molecule has 0 bridgehead atoms. The fraction of sp³-hybridized carbons (Fsp3) is 0.381. The molecule has 3 aromatic rings. The number of carbonyl (C=O) groups excluding carboxylic acids is 1. The largest absolute Gasteiger partial charge is 0.493 e. The molecule has 2 heterocycles. The summed E-state index contributed by atoms with van der Waals surface area (Å²) in [6.45, 7) is 6.78. The Bertz CT molecular complexity index is 952. The zero-order chi connectivity index (χ0) is 20.1. The smallest absolute Gasteiger partial charge is 0.252 e. The van der Waals surface area contributed by atoms with E-state index in [4.69, 9.17) is 9.47 Å². The summed E-state index contributed by atoms with van der Waals surface area (Å²) in [5.74, 6) is 2.19. The van der Waals surface area contributed by atoms with Gasteiger partial charge in [-0.1, -0.05) is 19.9 Å². The van der Waals surface area contributed by atoms with E-state index in [0.717, 1.165) is 12.1 Å². The van der Waals surface area contributed by atoms with Crippen LogP contribution in [0.25, 0.3) is 5.65 Å². The van der Waals surface area contributed by atoms with E-state index < -0.39 is 0 Å². The molecule has 7 heteroatoms. The summed E-state index contributed by atoms with van der Waals surface area (Å²) >= 11 is 0. The van der Waals surface area contributed by atoms with Crippen LogP contribution in [0, 0.1) is 5.92 Å². The second kappa shape index (κ2) is 8.73. The number of fused-ring (bicyclic) bond motifs is 1. The van der Waals surface area contributed by atoms with Crippen molar-refractivity contribution in [2.75, 3.05) is 13.7 Å². The van der Waals surface area contributed by atoms with Crippen molar-refractivity contribution >= 4 is 11.6 Å². The van der Waals surface area contributed by atoms with Gasteiger partial charge in [-0.15, -0.1) is 10.2 Å². The third-order valence-electron chi connectivity index (χ3n) is 4.45. The average Bonchev–Trinajstić information content (AvgIpc) is 3.12. The summed E-state index contributed by atoms with van der Waals surface area (Å²) in [7, 11) is 1.57. The van der Waals surface area contributed by atoms with Crippen LogP contribution in [0.2, 0.25) is 0 Å². The second-order valence-electron chi connectivity index (χ2n) is 7.08. The quantitative estimate of drug-likeness (QED) is 0.643. The molecule has 0 saturated carbocycles. The summed E-state index contributed by atoms with van der Waals surface area (Å²) in [6, 6.07) is 10.6. The number of amides is 1. The number of nitrogens with one attached hydrogen (secondary N) is 1. The number of benzene rings is 1. The highest BCUT2D eigenvalue weighted by Crippen LogP contribution is 2.28. The summed E-state index contributed by atoms with van der Waals surface area (Å²) in [5, 5.41) is 11.3. The molecular formula is C21H26N4O3. The number of methoxy groups -OCH3 is 1. The minimum atomic E-state index is -0.308. The van der Waals surface area contributed by atoms with Crippen molar-refractivity contribution in [2.45, 2.75) is 33.2 Å². The van der Waals surface area contributed by atoms with E-state index in [1.54, 1.807) is 25.3 Å². The Balaban J connectivity index is 1.71. The molecule has 0 aliphatic heterocycles. The first-order valence-corrected chi connectivity index (χ1v) is 9.41. The number of aromatic nitrogens is 3. The third kappa shape index (κ3) is 4.42. The van der Waals surface area contributed by atoms with Gasteiger partial charge in [0.2, 0.25) is 0 Å². The van der Waals surface area contributed by atoms with Crippen molar-refractivity contribution in [1.82, 2.24) is 19.9 Å². The summed E-state index contributed by atoms with van der Waals surface area (Å²) in [6.07, 6.45) is 2.83. The van der Waals surface area contributed by atoms with E-state index in [1.165, 1.54) is 0 Å². The first-order chi connectivity index (χ1) is 13.5. The van der Waals surface area contributed by atoms with Crippen molar-refractivity contribution in [1.29, 1.82) is 0 Å². The van der Waals surface area contributed by atoms with Gasteiger partial charge in [-0.3, -0.25) is 9.20 Å². The third-order valence-corrected chi connectivity index (χ3v) is 4.45. The predicted molar refractivity (Wildman–Crippen MR) is 107 cm³/mol. The van der Waals surface area contributed by atoms with E-state index in [1.807, 2.05) is 35.7 Å². The van der Waals surface area contributed by atoms with Gasteiger partial charge in [0.25, 0.3) is 5.91 Å². The highest BCUT2D eigenvalue weighted by atomic mass is 16.5. The normalized spacial score (nSPS) is 12.2. The molecule has 28 heavy (non-hydrogen) atoms. The number of hydrogen-bond donors (Lipinski definition) is 1. The molecule has 1 N–H and O–H groups in total. The highest BCUT2D eigenvalue weighted by molar-refractivity contribution is 5.95. The first kappa shape index (κ1) is 19.7. The lowest BCUT2D eigenvalue weighted by Gasteiger charge is -2.15. The van der Waals surface area contributed by atoms with Gasteiger partial charge in [0.15, 0.2) is 23.0 Å². The number of rotatable bonds is 8. The standard InChI is InChI=1S/C21H26N4O3/c1-14(2)10-12-28-17-9-8-16(13-18(17)27-4)21(26)22-15(3)20-24-23-19-7-5-6-11-25(19)20/h5-9,11,13-15H,10,12H2,1-4H3,(H,22,26). The summed E-state index contributed by atoms with van der Waals surface area (Å²) < 4.78 is 13.0. The van der Waals surface area contributed by atoms with Crippen molar-refractivity contribution in [3.63, 3.8) is 0 Å². The van der Waals surface area contributed by atoms with Gasteiger partial charge in [0.05, 0.1) is 19.8 Å². The number of ether oxygens (including phenoxy) is 2. The molecule has 0 fully saturated rings. The van der Waals surface area contributed by atoms with E-state index in [-0.39, 0.29) is 11.9 Å². The van der Waals surface area contributed by atoms with Gasteiger partial charge >= 0.3 is 0 Å². The van der Waals surface area contributed by atoms with Crippen LogP contribution in [-0.4, -0.2) is 34.2 Å². The fourth-order valence-corrected chi connectivity index (χ4v) is 2.83. The number of nitrogens with zero attached hydrogens (tertiary/aromatic N) is 3. The van der Waals surface area contributed by atoms with Crippen molar-refractivity contribution < 1.29 is 14.3 Å². The molecule has 0 saturated heterocycles. The molecule has 0 aliphatic rings. The molecule has 1 unspecified atom stereocenters. The minimum Gasteiger partial charge on any atom is -0.493 e. The first-order valence-electron chi connectivity index (χ1n) is 9.41. The van der Waals surface area contributed by atoms with E-state index in [0.29, 0.717) is 35.4 Å². The molecular weight excluding hydrogens is 356 g/mol. The number of carbonyl (C=O) groups is 1. The Morgan fingerprint density at radius 1 is 1.14 bits per heavy atom. The van der Waals surface area contributed by atoms with Crippen molar-refractivity contribution in [3.8, 4) is 11.5 Å². The lowest BCUT2D eigenvalue weighted by molar-refractivity contribution is 0.0937. The topological polar surface area (TPSA) is 77.8 Å². The summed E-state index contributed by atoms with van der Waals surface area (Å²) in [5.41, 5.74) is 1.23. The SMILES string of the molecule is COc1cc(C(=O)NC(C)c2nnc3ccccn23)ccc1OCCC(C)C. The van der Waals surface area contributed by atoms with Crippen LogP contribution in [-0.2, 0) is 0 Å². The van der Waals surface area contributed by atoms with Gasteiger partial charge < -0.3 is 14.8 Å². The van der Waals surface area contributed by atoms with Crippen LogP contribution in [0.4, 0.5) is 0 Å². The minimum absolute atomic E-state index is 0.216. The lowest BCUT2D eigenvalue weighted by Crippen LogP contribution is -2.28. The van der Waals surface area contributed by atoms with Gasteiger partial charge in [0.1, 0.15) is 0 Å². The maximum Gasteiger partial charge on any atom is 0.252 e. The number of pyridine rings is 1. The molecule has 0 aliphatic carbocycles. The molecule has 3 rings (SSSR count). The molecule has 1 aromatic carbocycles. The lowest BCUT2D eigenvalue weighted by atomic mass is 10.1. The van der Waals surface area contributed by atoms with Gasteiger partial charge in [0, 0.05) is 11.8 Å². The van der Waals surface area contributed by atoms with Gasteiger partial charge in [-0.05, 0) is 49.6 Å². The molecule has 0 spiro atoms. The Hall–Kier alpha value is -3.09. The van der Waals surface area contributed by atoms with Crippen LogP contribution in [0.1, 0.15) is 49.4 Å². The molecule has 1 atom stereocenters. The van der Waals surface area contributed by atoms with E-state index >= 15 is 0 Å². The summed E-state index contributed by atoms with van der Waals surface area (Å²) in [4.78, 5) is 12.7. The Morgan fingerprint density at radius 3 is 2.71 bits per heavy atom. The highest BCUT2D eigenvalue weighted by Gasteiger charge is 2.18. The zero-order valence-electron chi connectivity index (χ0n) is 16.7. The number of hydrogen-bond acceptors (Lipinski definition) is 5. The average molecular weight is 382 g/mol. The second-order valence-corrected chi connectivity index (χ2v) is 7.08. The van der Waals surface area contributed by atoms with Crippen LogP contribution in [0.5, 0.6) is 11.5 Å². The van der Waals surface area contributed by atoms with Crippen molar-refractivity contribution in [3.05, 3.63) is 54.0 Å². The van der Waals surface area contributed by atoms with E-state index in [2.05, 4.69) is 29.4 Å². The molecule has 7 nitrogen and oxygen atoms in total.